The van der Waals surface area contributed by atoms with Gasteiger partial charge < -0.3 is 14.8 Å². The third-order valence-electron chi connectivity index (χ3n) is 6.40. The number of anilines is 1. The van der Waals surface area contributed by atoms with E-state index in [1.807, 2.05) is 35.0 Å². The zero-order valence-corrected chi connectivity index (χ0v) is 19.8. The van der Waals surface area contributed by atoms with Crippen molar-refractivity contribution in [3.05, 3.63) is 111 Å². The fraction of sp³-hybridized carbons (Fsp3) is 0.148. The van der Waals surface area contributed by atoms with Crippen molar-refractivity contribution in [3.63, 3.8) is 0 Å². The maximum Gasteiger partial charge on any atom is 0.337 e. The molecule has 0 unspecified atom stereocenters. The molecule has 0 aliphatic carbocycles. The van der Waals surface area contributed by atoms with Gasteiger partial charge in [0, 0.05) is 16.2 Å². The summed E-state index contributed by atoms with van der Waals surface area (Å²) in [5, 5.41) is 8.62. The molecule has 7 nitrogen and oxygen atoms in total. The van der Waals surface area contributed by atoms with Gasteiger partial charge in [0.1, 0.15) is 24.2 Å². The number of methoxy groups -OCH3 is 1. The number of carbonyl (C=O) groups excluding carboxylic acids is 1. The van der Waals surface area contributed by atoms with Crippen molar-refractivity contribution in [2.75, 3.05) is 12.4 Å². The molecular weight excluding hydrogens is 464 g/mol. The number of aryl methyl sites for hydroxylation is 1. The molecule has 2 aliphatic heterocycles. The Hall–Kier alpha value is -4.10. The lowest BCUT2D eigenvalue weighted by atomic mass is 9.84. The van der Waals surface area contributed by atoms with Crippen molar-refractivity contribution in [2.24, 2.45) is 0 Å². The molecule has 35 heavy (non-hydrogen) atoms. The number of carbonyl (C=O) groups is 1. The number of ether oxygens (including phenoxy) is 2. The lowest BCUT2D eigenvalue weighted by molar-refractivity contribution is 0.0600. The van der Waals surface area contributed by atoms with Gasteiger partial charge in [0.05, 0.1) is 18.4 Å². The first kappa shape index (κ1) is 21.4. The Labute approximate surface area is 207 Å². The predicted octanol–water partition coefficient (Wildman–Crippen LogP) is 5.59. The van der Waals surface area contributed by atoms with Crippen LogP contribution in [0.1, 0.15) is 44.8 Å². The van der Waals surface area contributed by atoms with Gasteiger partial charge in [-0.25, -0.2) is 9.48 Å². The van der Waals surface area contributed by atoms with Crippen LogP contribution in [0.4, 0.5) is 5.95 Å². The molecule has 0 saturated carbocycles. The Bertz CT molecular complexity index is 1480. The van der Waals surface area contributed by atoms with Crippen molar-refractivity contribution in [2.45, 2.75) is 19.1 Å². The van der Waals surface area contributed by atoms with Gasteiger partial charge in [-0.3, -0.25) is 0 Å². The van der Waals surface area contributed by atoms with Crippen molar-refractivity contribution >= 4 is 29.2 Å². The number of fused-ring (bicyclic) bond motifs is 3. The summed E-state index contributed by atoms with van der Waals surface area (Å²) in [6, 6.07) is 21.0. The fourth-order valence-corrected chi connectivity index (χ4v) is 4.87. The van der Waals surface area contributed by atoms with Crippen LogP contribution in [0.5, 0.6) is 5.75 Å². The standard InChI is InChI=1S/C27H21ClN4O3/c1-15-3-5-16(6-4-15)24-22-23(31-27-29-14-30-32(24)27)20-13-19(28)11-12-21(20)35-25(22)17-7-9-18(10-8-17)26(33)34-2/h3-14,24-25H,1-2H3,(H,29,30,31)/t24-,25-/m1/s1. The largest absolute Gasteiger partial charge is 0.480 e. The van der Waals surface area contributed by atoms with Gasteiger partial charge in [0.15, 0.2) is 0 Å². The molecule has 4 aromatic rings. The summed E-state index contributed by atoms with van der Waals surface area (Å²) in [4.78, 5) is 16.4. The van der Waals surface area contributed by atoms with E-state index in [1.165, 1.54) is 12.7 Å². The number of aromatic nitrogens is 3. The van der Waals surface area contributed by atoms with E-state index in [4.69, 9.17) is 21.1 Å². The molecule has 1 aromatic heterocycles. The fourth-order valence-electron chi connectivity index (χ4n) is 4.70. The number of nitrogens with zero attached hydrogens (tertiary/aromatic N) is 3. The van der Waals surface area contributed by atoms with Gasteiger partial charge >= 0.3 is 5.97 Å². The molecule has 6 rings (SSSR count). The summed E-state index contributed by atoms with van der Waals surface area (Å²) in [5.74, 6) is 0.963. The predicted molar refractivity (Wildman–Crippen MR) is 132 cm³/mol. The normalized spacial score (nSPS) is 18.0. The first-order valence-electron chi connectivity index (χ1n) is 11.2. The Balaban J connectivity index is 1.57. The van der Waals surface area contributed by atoms with E-state index in [-0.39, 0.29) is 12.0 Å². The quantitative estimate of drug-likeness (QED) is 0.382. The summed E-state index contributed by atoms with van der Waals surface area (Å²) in [5.41, 5.74) is 6.33. The zero-order valence-electron chi connectivity index (χ0n) is 19.0. The van der Waals surface area contributed by atoms with Crippen LogP contribution in [0, 0.1) is 6.92 Å². The van der Waals surface area contributed by atoms with Gasteiger partial charge in [-0.1, -0.05) is 53.6 Å². The SMILES string of the molecule is COC(=O)c1ccc([C@H]2Oc3ccc(Cl)cc3C3=C2[C@@H](c2ccc(C)cc2)n2ncnc2N3)cc1. The molecular formula is C27H21ClN4O3. The number of rotatable bonds is 3. The number of halogens is 1. The van der Waals surface area contributed by atoms with Crippen molar-refractivity contribution in [1.82, 2.24) is 14.8 Å². The first-order valence-corrected chi connectivity index (χ1v) is 11.5. The van der Waals surface area contributed by atoms with Crippen molar-refractivity contribution in [1.29, 1.82) is 0 Å². The van der Waals surface area contributed by atoms with Gasteiger partial charge in [-0.15, -0.1) is 0 Å². The van der Waals surface area contributed by atoms with Crippen LogP contribution in [0.25, 0.3) is 5.70 Å². The molecule has 3 heterocycles. The highest BCUT2D eigenvalue weighted by Crippen LogP contribution is 2.51. The van der Waals surface area contributed by atoms with E-state index in [0.717, 1.165) is 28.0 Å². The molecule has 1 N–H and O–H groups in total. The van der Waals surface area contributed by atoms with Crippen LogP contribution >= 0.6 is 11.6 Å². The van der Waals surface area contributed by atoms with E-state index < -0.39 is 6.10 Å². The number of benzene rings is 3. The Morgan fingerprint density at radius 1 is 1.06 bits per heavy atom. The minimum absolute atomic E-state index is 0.262. The average Bonchev–Trinajstić information content (AvgIpc) is 3.36. The van der Waals surface area contributed by atoms with Gasteiger partial charge in [0.25, 0.3) is 0 Å². The molecule has 8 heteroatoms. The average molecular weight is 485 g/mol. The monoisotopic (exact) mass is 484 g/mol. The molecule has 174 valence electrons. The Morgan fingerprint density at radius 3 is 2.54 bits per heavy atom. The highest BCUT2D eigenvalue weighted by atomic mass is 35.5. The highest BCUT2D eigenvalue weighted by molar-refractivity contribution is 6.30. The van der Waals surface area contributed by atoms with Crippen molar-refractivity contribution in [3.8, 4) is 5.75 Å². The van der Waals surface area contributed by atoms with E-state index in [1.54, 1.807) is 18.5 Å². The maximum absolute atomic E-state index is 12.0. The summed E-state index contributed by atoms with van der Waals surface area (Å²) in [7, 11) is 1.37. The van der Waals surface area contributed by atoms with Crippen LogP contribution in [-0.4, -0.2) is 27.8 Å². The van der Waals surface area contributed by atoms with Crippen LogP contribution in [0.2, 0.25) is 5.02 Å². The van der Waals surface area contributed by atoms with E-state index >= 15 is 0 Å². The molecule has 0 amide bonds. The molecule has 0 saturated heterocycles. The minimum Gasteiger partial charge on any atom is -0.480 e. The number of nitrogens with one attached hydrogen (secondary N) is 1. The second-order valence-electron chi connectivity index (χ2n) is 8.55. The lowest BCUT2D eigenvalue weighted by Gasteiger charge is -2.39. The van der Waals surface area contributed by atoms with Crippen molar-refractivity contribution < 1.29 is 14.3 Å². The minimum atomic E-state index is -0.443. The maximum atomic E-state index is 12.0. The van der Waals surface area contributed by atoms with Gasteiger partial charge in [-0.2, -0.15) is 10.1 Å². The number of hydrogen-bond donors (Lipinski definition) is 1. The van der Waals surface area contributed by atoms with Gasteiger partial charge in [-0.05, 0) is 48.4 Å². The topological polar surface area (TPSA) is 78.3 Å². The molecule has 2 aliphatic rings. The Morgan fingerprint density at radius 2 is 1.80 bits per heavy atom. The van der Waals surface area contributed by atoms with E-state index in [0.29, 0.717) is 22.3 Å². The van der Waals surface area contributed by atoms with E-state index in [9.17, 15) is 4.79 Å². The smallest absolute Gasteiger partial charge is 0.337 e. The summed E-state index contributed by atoms with van der Waals surface area (Å²) in [6.45, 7) is 2.06. The summed E-state index contributed by atoms with van der Waals surface area (Å²) < 4.78 is 13.3. The molecule has 0 bridgehead atoms. The van der Waals surface area contributed by atoms with E-state index in [2.05, 4.69) is 46.6 Å². The van der Waals surface area contributed by atoms with Crippen LogP contribution in [-0.2, 0) is 4.74 Å². The summed E-state index contributed by atoms with van der Waals surface area (Å²) >= 11 is 6.39. The molecule has 3 aromatic carbocycles. The summed E-state index contributed by atoms with van der Waals surface area (Å²) in [6.07, 6.45) is 1.10. The van der Waals surface area contributed by atoms with Crippen LogP contribution in [0.15, 0.2) is 78.6 Å². The third-order valence-corrected chi connectivity index (χ3v) is 6.64. The molecule has 0 radical (unpaired) electrons. The third kappa shape index (κ3) is 3.56. The molecule has 2 atom stereocenters. The second-order valence-corrected chi connectivity index (χ2v) is 8.99. The second kappa shape index (κ2) is 8.29. The van der Waals surface area contributed by atoms with Crippen LogP contribution < -0.4 is 10.1 Å². The van der Waals surface area contributed by atoms with Gasteiger partial charge in [0.2, 0.25) is 5.95 Å². The Kier molecular flexibility index (Phi) is 5.07. The lowest BCUT2D eigenvalue weighted by Crippen LogP contribution is -2.32. The first-order chi connectivity index (χ1) is 17.0. The number of hydrogen-bond acceptors (Lipinski definition) is 6. The molecule has 0 spiro atoms. The van der Waals surface area contributed by atoms with Crippen LogP contribution in [0.3, 0.4) is 0 Å². The zero-order chi connectivity index (χ0) is 24.1. The highest BCUT2D eigenvalue weighted by Gasteiger charge is 2.41. The number of esters is 1. The molecule has 0 fully saturated rings.